The number of hydrogen-bond acceptors (Lipinski definition) is 3. The SMILES string of the molecule is O=C1CC(N2CCCCC2)CO1. The first-order chi connectivity index (χ1) is 5.86. The maximum atomic E-state index is 10.8. The largest absolute Gasteiger partial charge is 0.464 e. The minimum atomic E-state index is -0.0226. The van der Waals surface area contributed by atoms with E-state index in [2.05, 4.69) is 4.90 Å². The van der Waals surface area contributed by atoms with Crippen LogP contribution in [0.1, 0.15) is 25.7 Å². The van der Waals surface area contributed by atoms with Crippen molar-refractivity contribution in [2.24, 2.45) is 0 Å². The number of hydrogen-bond donors (Lipinski definition) is 0. The Hall–Kier alpha value is -0.570. The van der Waals surface area contributed by atoms with Crippen LogP contribution < -0.4 is 0 Å². The highest BCUT2D eigenvalue weighted by atomic mass is 16.5. The Labute approximate surface area is 72.7 Å². The van der Waals surface area contributed by atoms with Gasteiger partial charge in [-0.1, -0.05) is 6.42 Å². The van der Waals surface area contributed by atoms with E-state index in [9.17, 15) is 4.79 Å². The fourth-order valence-electron chi connectivity index (χ4n) is 2.02. The quantitative estimate of drug-likeness (QED) is 0.543. The average Bonchev–Trinajstić information content (AvgIpc) is 2.54. The van der Waals surface area contributed by atoms with Crippen molar-refractivity contribution in [2.45, 2.75) is 31.7 Å². The van der Waals surface area contributed by atoms with Crippen LogP contribution in [0.5, 0.6) is 0 Å². The molecule has 0 N–H and O–H groups in total. The van der Waals surface area contributed by atoms with Gasteiger partial charge in [0.1, 0.15) is 6.61 Å². The summed E-state index contributed by atoms with van der Waals surface area (Å²) in [4.78, 5) is 13.2. The van der Waals surface area contributed by atoms with Gasteiger partial charge in [0.05, 0.1) is 12.5 Å². The van der Waals surface area contributed by atoms with Crippen LogP contribution in [0.4, 0.5) is 0 Å². The molecule has 0 amide bonds. The Morgan fingerprint density at radius 3 is 2.58 bits per heavy atom. The average molecular weight is 169 g/mol. The van der Waals surface area contributed by atoms with E-state index in [4.69, 9.17) is 4.74 Å². The van der Waals surface area contributed by atoms with E-state index in [-0.39, 0.29) is 5.97 Å². The summed E-state index contributed by atoms with van der Waals surface area (Å²) in [6, 6.07) is 0.387. The predicted molar refractivity (Wildman–Crippen MR) is 44.8 cm³/mol. The lowest BCUT2D eigenvalue weighted by molar-refractivity contribution is -0.137. The van der Waals surface area contributed by atoms with Crippen molar-refractivity contribution >= 4 is 5.97 Å². The van der Waals surface area contributed by atoms with Gasteiger partial charge in [0.15, 0.2) is 0 Å². The molecule has 2 rings (SSSR count). The number of esters is 1. The van der Waals surface area contributed by atoms with Crippen molar-refractivity contribution in [3.63, 3.8) is 0 Å². The summed E-state index contributed by atoms with van der Waals surface area (Å²) in [6.07, 6.45) is 4.52. The van der Waals surface area contributed by atoms with Crippen LogP contribution >= 0.6 is 0 Å². The molecule has 0 saturated carbocycles. The highest BCUT2D eigenvalue weighted by molar-refractivity contribution is 5.72. The number of carbonyl (C=O) groups is 1. The Morgan fingerprint density at radius 2 is 2.00 bits per heavy atom. The molecule has 3 heteroatoms. The van der Waals surface area contributed by atoms with E-state index in [0.29, 0.717) is 19.1 Å². The monoisotopic (exact) mass is 169 g/mol. The van der Waals surface area contributed by atoms with Crippen molar-refractivity contribution < 1.29 is 9.53 Å². The van der Waals surface area contributed by atoms with Gasteiger partial charge in [0.25, 0.3) is 0 Å². The van der Waals surface area contributed by atoms with Crippen molar-refractivity contribution in [3.8, 4) is 0 Å². The third-order valence-corrected chi connectivity index (χ3v) is 2.75. The topological polar surface area (TPSA) is 29.5 Å². The summed E-state index contributed by atoms with van der Waals surface area (Å²) in [5.41, 5.74) is 0. The maximum Gasteiger partial charge on any atom is 0.307 e. The van der Waals surface area contributed by atoms with E-state index in [1.165, 1.54) is 19.3 Å². The first kappa shape index (κ1) is 8.05. The Balaban J connectivity index is 1.86. The zero-order valence-electron chi connectivity index (χ0n) is 7.29. The molecule has 0 aliphatic carbocycles. The number of nitrogens with zero attached hydrogens (tertiary/aromatic N) is 1. The van der Waals surface area contributed by atoms with E-state index in [1.807, 2.05) is 0 Å². The summed E-state index contributed by atoms with van der Waals surface area (Å²) < 4.78 is 4.94. The van der Waals surface area contributed by atoms with Gasteiger partial charge in [-0.25, -0.2) is 0 Å². The highest BCUT2D eigenvalue weighted by Gasteiger charge is 2.29. The van der Waals surface area contributed by atoms with Gasteiger partial charge >= 0.3 is 5.97 Å². The molecule has 2 heterocycles. The molecule has 2 aliphatic heterocycles. The van der Waals surface area contributed by atoms with Gasteiger partial charge in [0, 0.05) is 0 Å². The van der Waals surface area contributed by atoms with Crippen LogP contribution in [0.15, 0.2) is 0 Å². The number of likely N-dealkylation sites (tertiary alicyclic amines) is 1. The summed E-state index contributed by atoms with van der Waals surface area (Å²) >= 11 is 0. The van der Waals surface area contributed by atoms with Crippen molar-refractivity contribution in [2.75, 3.05) is 19.7 Å². The molecule has 1 unspecified atom stereocenters. The summed E-state index contributed by atoms with van der Waals surface area (Å²) in [5.74, 6) is -0.0226. The fourth-order valence-corrected chi connectivity index (χ4v) is 2.02. The molecule has 0 aromatic carbocycles. The molecule has 12 heavy (non-hydrogen) atoms. The molecule has 0 spiro atoms. The summed E-state index contributed by atoms with van der Waals surface area (Å²) in [7, 11) is 0. The number of piperidine rings is 1. The molecule has 3 nitrogen and oxygen atoms in total. The molecule has 2 aliphatic rings. The Kier molecular flexibility index (Phi) is 2.30. The molecular weight excluding hydrogens is 154 g/mol. The summed E-state index contributed by atoms with van der Waals surface area (Å²) in [5, 5.41) is 0. The van der Waals surface area contributed by atoms with Crippen molar-refractivity contribution in [1.29, 1.82) is 0 Å². The van der Waals surface area contributed by atoms with Gasteiger partial charge in [-0.3, -0.25) is 9.69 Å². The van der Waals surface area contributed by atoms with Crippen LogP contribution in [0.3, 0.4) is 0 Å². The lowest BCUT2D eigenvalue weighted by Gasteiger charge is -2.30. The van der Waals surface area contributed by atoms with Crippen molar-refractivity contribution in [1.82, 2.24) is 4.90 Å². The third-order valence-electron chi connectivity index (χ3n) is 2.75. The number of ether oxygens (including phenoxy) is 1. The second-order valence-electron chi connectivity index (χ2n) is 3.64. The number of cyclic esters (lactones) is 1. The highest BCUT2D eigenvalue weighted by Crippen LogP contribution is 2.18. The Morgan fingerprint density at radius 1 is 1.25 bits per heavy atom. The van der Waals surface area contributed by atoms with Crippen LogP contribution in [0, 0.1) is 0 Å². The Bertz CT molecular complexity index is 175. The van der Waals surface area contributed by atoms with Crippen molar-refractivity contribution in [3.05, 3.63) is 0 Å². The fraction of sp³-hybridized carbons (Fsp3) is 0.889. The normalized spacial score (nSPS) is 32.0. The maximum absolute atomic E-state index is 10.8. The minimum absolute atomic E-state index is 0.0226. The molecule has 0 aromatic heterocycles. The smallest absolute Gasteiger partial charge is 0.307 e. The van der Waals surface area contributed by atoms with Crippen LogP contribution in [0.25, 0.3) is 0 Å². The van der Waals surface area contributed by atoms with E-state index in [1.54, 1.807) is 0 Å². The molecule has 0 bridgehead atoms. The van der Waals surface area contributed by atoms with E-state index < -0.39 is 0 Å². The van der Waals surface area contributed by atoms with Gasteiger partial charge in [-0.2, -0.15) is 0 Å². The standard InChI is InChI=1S/C9H15NO2/c11-9-6-8(7-12-9)10-4-2-1-3-5-10/h8H,1-7H2. The van der Waals surface area contributed by atoms with E-state index >= 15 is 0 Å². The zero-order chi connectivity index (χ0) is 8.39. The first-order valence-corrected chi connectivity index (χ1v) is 4.76. The lowest BCUT2D eigenvalue weighted by Crippen LogP contribution is -2.39. The van der Waals surface area contributed by atoms with Gasteiger partial charge in [0.2, 0.25) is 0 Å². The second kappa shape index (κ2) is 3.44. The first-order valence-electron chi connectivity index (χ1n) is 4.76. The second-order valence-corrected chi connectivity index (χ2v) is 3.64. The molecule has 0 radical (unpaired) electrons. The van der Waals surface area contributed by atoms with Crippen LogP contribution in [-0.2, 0) is 9.53 Å². The van der Waals surface area contributed by atoms with Gasteiger partial charge < -0.3 is 4.74 Å². The lowest BCUT2D eigenvalue weighted by atomic mass is 10.1. The van der Waals surface area contributed by atoms with Crippen LogP contribution in [0.2, 0.25) is 0 Å². The molecule has 1 atom stereocenters. The number of rotatable bonds is 1. The molecule has 68 valence electrons. The third kappa shape index (κ3) is 1.61. The van der Waals surface area contributed by atoms with E-state index in [0.717, 1.165) is 13.1 Å². The molecule has 0 aromatic rings. The predicted octanol–water partition coefficient (Wildman–Crippen LogP) is 0.788. The molecule has 2 fully saturated rings. The minimum Gasteiger partial charge on any atom is -0.464 e. The van der Waals surface area contributed by atoms with Gasteiger partial charge in [-0.15, -0.1) is 0 Å². The molecule has 2 saturated heterocycles. The number of carbonyl (C=O) groups excluding carboxylic acids is 1. The van der Waals surface area contributed by atoms with Gasteiger partial charge in [-0.05, 0) is 25.9 Å². The van der Waals surface area contributed by atoms with Crippen LogP contribution in [-0.4, -0.2) is 36.6 Å². The zero-order valence-corrected chi connectivity index (χ0v) is 7.29. The molecular formula is C9H15NO2. The summed E-state index contributed by atoms with van der Waals surface area (Å²) in [6.45, 7) is 2.93.